The molecule has 6 aliphatic rings. The molecule has 6 heterocycles. The molecule has 6 aliphatic heterocycles. The molecule has 0 spiro atoms. The molecule has 15 heteroatoms. The molecule has 0 bridgehead atoms. The fraction of sp³-hybridized carbons (Fsp3) is 0.429. The van der Waals surface area contributed by atoms with Gasteiger partial charge in [0.2, 0.25) is 11.3 Å². The van der Waals surface area contributed by atoms with Crippen molar-refractivity contribution in [3.05, 3.63) is 86.4 Å². The topological polar surface area (TPSA) is 162 Å². The van der Waals surface area contributed by atoms with Gasteiger partial charge in [-0.3, -0.25) is 23.8 Å². The summed E-state index contributed by atoms with van der Waals surface area (Å²) in [5.41, 5.74) is 7.20. The highest BCUT2D eigenvalue weighted by atomic mass is 32.2. The lowest BCUT2D eigenvalue weighted by Crippen LogP contribution is -2.45. The van der Waals surface area contributed by atoms with Gasteiger partial charge in [0, 0.05) is 96.8 Å². The molecule has 3 aromatic carbocycles. The highest BCUT2D eigenvalue weighted by molar-refractivity contribution is 7.90. The summed E-state index contributed by atoms with van der Waals surface area (Å²) in [7, 11) is -9.61. The highest BCUT2D eigenvalue weighted by Gasteiger charge is 2.38. The second kappa shape index (κ2) is 14.2. The molecule has 0 saturated carbocycles. The number of anilines is 1. The van der Waals surface area contributed by atoms with Crippen molar-refractivity contribution in [2.24, 2.45) is 0 Å². The Labute approximate surface area is 331 Å². The van der Waals surface area contributed by atoms with Crippen molar-refractivity contribution in [3.8, 4) is 11.5 Å². The quantitative estimate of drug-likeness (QED) is 0.109. The molecule has 3 amide bonds. The Morgan fingerprint density at radius 3 is 2.26 bits per heavy atom. The number of benzene rings is 3. The van der Waals surface area contributed by atoms with Crippen LogP contribution in [-0.4, -0.2) is 87.6 Å². The minimum absolute atomic E-state index is 0.157. The molecule has 57 heavy (non-hydrogen) atoms. The summed E-state index contributed by atoms with van der Waals surface area (Å²) in [4.78, 5) is 39.8. The molecular weight excluding hydrogens is 769 g/mol. The van der Waals surface area contributed by atoms with Gasteiger partial charge in [0.05, 0.1) is 15.4 Å². The number of unbranched alkanes of at least 4 members (excludes halogenated alkanes) is 2. The van der Waals surface area contributed by atoms with Crippen LogP contribution in [0.25, 0.3) is 5.57 Å². The van der Waals surface area contributed by atoms with Crippen LogP contribution in [0.1, 0.15) is 85.3 Å². The van der Waals surface area contributed by atoms with Gasteiger partial charge in [-0.1, -0.05) is 6.07 Å². The number of carbonyl (C=O) groups excluding carboxylic acids is 3. The van der Waals surface area contributed by atoms with Crippen LogP contribution in [-0.2, 0) is 60.2 Å². The summed E-state index contributed by atoms with van der Waals surface area (Å²) >= 11 is 0. The first-order valence-corrected chi connectivity index (χ1v) is 22.8. The summed E-state index contributed by atoms with van der Waals surface area (Å²) in [6, 6.07) is 7.84. The molecule has 1 N–H and O–H groups in total. The first kappa shape index (κ1) is 37.7. The Balaban J connectivity index is 1.23. The van der Waals surface area contributed by atoms with Gasteiger partial charge in [-0.2, -0.15) is 8.42 Å². The number of ether oxygens (including phenoxy) is 1. The predicted octanol–water partition coefficient (Wildman–Crippen LogP) is 3.00. The molecule has 0 aliphatic carbocycles. The maximum Gasteiger partial charge on any atom is 0.294 e. The summed E-state index contributed by atoms with van der Waals surface area (Å²) in [5.74, 6) is -0.206. The van der Waals surface area contributed by atoms with E-state index in [1.807, 2.05) is 0 Å². The number of rotatable bonds is 10. The van der Waals surface area contributed by atoms with Crippen molar-refractivity contribution in [2.45, 2.75) is 87.3 Å². The van der Waals surface area contributed by atoms with Crippen molar-refractivity contribution >= 4 is 49.1 Å². The summed E-state index contributed by atoms with van der Waals surface area (Å²) < 4.78 is 75.8. The average Bonchev–Trinajstić information content (AvgIpc) is 3.51. The number of hydrogen-bond donors (Lipinski definition) is 1. The monoisotopic (exact) mass is 813 g/mol. The van der Waals surface area contributed by atoms with E-state index in [0.717, 1.165) is 133 Å². The zero-order valence-corrected chi connectivity index (χ0v) is 33.5. The standard InChI is InChI=1S/C42H44N4O9S2/c1-26(47)46(22-4-2-3-21-45-36(48)15-16-37(45)49)56(50,51)35-25-29(57(52,53)54)13-14-30(35)38-33-23-27-9-5-17-43-19-7-11-31(39(27)43)41(33)55-42-32-12-8-20-44-18-6-10-28(40(32)44)24-34(38)42/h13-16,23-25H,2-12,17-22H2,1H3/p+1. The second-order valence-electron chi connectivity index (χ2n) is 15.8. The summed E-state index contributed by atoms with van der Waals surface area (Å²) in [6.07, 6.45) is 10.5. The number of aryl methyl sites for hydroxylation is 2. The fourth-order valence-electron chi connectivity index (χ4n) is 9.81. The van der Waals surface area contributed by atoms with Crippen molar-refractivity contribution in [3.63, 3.8) is 0 Å². The molecule has 9 rings (SSSR count). The smallest absolute Gasteiger partial charge is 0.294 e. The van der Waals surface area contributed by atoms with E-state index >= 15 is 0 Å². The Kier molecular flexibility index (Phi) is 9.39. The second-order valence-corrected chi connectivity index (χ2v) is 19.0. The molecular formula is C42H45N4O9S2+. The number of fused-ring (bicyclic) bond motifs is 4. The summed E-state index contributed by atoms with van der Waals surface area (Å²) in [5, 5.41) is 1.91. The van der Waals surface area contributed by atoms with Crippen LogP contribution < -0.4 is 24.8 Å². The van der Waals surface area contributed by atoms with E-state index in [-0.39, 0.29) is 25.1 Å². The first-order chi connectivity index (χ1) is 27.3. The largest absolute Gasteiger partial charge is 0.455 e. The summed E-state index contributed by atoms with van der Waals surface area (Å²) in [6.45, 7) is 4.88. The number of sulfonamides is 1. The van der Waals surface area contributed by atoms with E-state index in [4.69, 9.17) is 4.74 Å². The van der Waals surface area contributed by atoms with Crippen LogP contribution in [0.15, 0.2) is 52.3 Å². The van der Waals surface area contributed by atoms with Crippen LogP contribution in [0, 0.1) is 0 Å². The molecule has 0 atom stereocenters. The highest BCUT2D eigenvalue weighted by Crippen LogP contribution is 2.49. The lowest BCUT2D eigenvalue weighted by molar-refractivity contribution is -0.136. The van der Waals surface area contributed by atoms with Crippen molar-refractivity contribution in [1.29, 1.82) is 0 Å². The third kappa shape index (κ3) is 6.38. The maximum absolute atomic E-state index is 15.0. The molecule has 0 saturated heterocycles. The van der Waals surface area contributed by atoms with Crippen LogP contribution in [0.3, 0.4) is 0 Å². The van der Waals surface area contributed by atoms with E-state index in [1.54, 1.807) is 0 Å². The van der Waals surface area contributed by atoms with Crippen molar-refractivity contribution in [1.82, 2.24) is 13.8 Å². The van der Waals surface area contributed by atoms with Gasteiger partial charge in [-0.05, 0) is 87.6 Å². The number of amides is 3. The number of nitrogens with zero attached hydrogens (tertiary/aromatic N) is 4. The van der Waals surface area contributed by atoms with E-state index < -0.39 is 47.7 Å². The van der Waals surface area contributed by atoms with E-state index in [1.165, 1.54) is 35.3 Å². The van der Waals surface area contributed by atoms with Gasteiger partial charge in [0.1, 0.15) is 24.6 Å². The minimum Gasteiger partial charge on any atom is -0.455 e. The van der Waals surface area contributed by atoms with Gasteiger partial charge in [-0.15, -0.1) is 0 Å². The number of imide groups is 1. The molecule has 3 aromatic rings. The van der Waals surface area contributed by atoms with Crippen LogP contribution in [0.5, 0.6) is 11.5 Å². The first-order valence-electron chi connectivity index (χ1n) is 19.9. The normalized spacial score (nSPS) is 18.2. The Morgan fingerprint density at radius 1 is 0.825 bits per heavy atom. The lowest BCUT2D eigenvalue weighted by atomic mass is 9.82. The molecule has 0 radical (unpaired) electrons. The zero-order chi connectivity index (χ0) is 39.8. The van der Waals surface area contributed by atoms with Gasteiger partial charge in [0.15, 0.2) is 0 Å². The van der Waals surface area contributed by atoms with Crippen molar-refractivity contribution in [2.75, 3.05) is 44.2 Å². The molecule has 0 fully saturated rings. The predicted molar refractivity (Wildman–Crippen MR) is 211 cm³/mol. The van der Waals surface area contributed by atoms with Crippen LogP contribution >= 0.6 is 0 Å². The Bertz CT molecular complexity index is 2660. The number of carbonyl (C=O) groups is 3. The maximum atomic E-state index is 15.0. The van der Waals surface area contributed by atoms with Gasteiger partial charge < -0.3 is 9.64 Å². The number of hydrogen-bond acceptors (Lipinski definition) is 9. The lowest BCUT2D eigenvalue weighted by Gasteiger charge is -2.39. The van der Waals surface area contributed by atoms with Crippen LogP contribution in [0.4, 0.5) is 5.69 Å². The van der Waals surface area contributed by atoms with Gasteiger partial charge in [-0.25, -0.2) is 17.3 Å². The third-order valence-electron chi connectivity index (χ3n) is 12.3. The fourth-order valence-corrected chi connectivity index (χ4v) is 12.1. The average molecular weight is 814 g/mol. The SMILES string of the molecule is CC(=O)N(CCCCCN1C(=O)C=CC1=O)S(=O)(=O)c1cc(S(=O)(=O)O)ccc1C1=c2cc3c4c(c2Oc2c1cc1c5c2CCCN5CCC1)CCC[N+]=4CCC3. The Hall–Kier alpha value is -4.86. The van der Waals surface area contributed by atoms with E-state index in [9.17, 15) is 35.8 Å². The molecule has 298 valence electrons. The van der Waals surface area contributed by atoms with Gasteiger partial charge >= 0.3 is 0 Å². The van der Waals surface area contributed by atoms with Crippen molar-refractivity contribution < 1.29 is 40.5 Å². The molecule has 0 unspecified atom stereocenters. The Morgan fingerprint density at radius 2 is 1.53 bits per heavy atom. The third-order valence-corrected chi connectivity index (χ3v) is 15.0. The van der Waals surface area contributed by atoms with E-state index in [2.05, 4.69) is 21.6 Å². The minimum atomic E-state index is -4.86. The van der Waals surface area contributed by atoms with E-state index in [0.29, 0.717) is 29.9 Å². The molecule has 13 nitrogen and oxygen atoms in total. The zero-order valence-electron chi connectivity index (χ0n) is 31.9. The van der Waals surface area contributed by atoms with Gasteiger partial charge in [0.25, 0.3) is 32.0 Å². The molecule has 0 aromatic heterocycles. The van der Waals surface area contributed by atoms with Crippen LogP contribution in [0.2, 0.25) is 0 Å².